The zero-order valence-corrected chi connectivity index (χ0v) is 18.8. The standard InChI is InChI=1S/C31H18N4/c1-2-5-19-17(4-1)14-18-7-8-20-21-9-10-26-30(24(21)15-23(20)28(18)19)35-27-11-13-32-16-25(27)22-6-3-12-33-29(22)31(35)34-26/h1-13,16H,14-15H2. The molecule has 2 aliphatic rings. The summed E-state index contributed by atoms with van der Waals surface area (Å²) in [6.45, 7) is 0. The van der Waals surface area contributed by atoms with Crippen LogP contribution in [0.1, 0.15) is 22.3 Å². The van der Waals surface area contributed by atoms with Gasteiger partial charge in [-0.1, -0.05) is 48.5 Å². The van der Waals surface area contributed by atoms with Crippen LogP contribution < -0.4 is 0 Å². The van der Waals surface area contributed by atoms with Crippen LogP contribution in [0.25, 0.3) is 60.7 Å². The Morgan fingerprint density at radius 1 is 0.686 bits per heavy atom. The Bertz CT molecular complexity index is 2070. The van der Waals surface area contributed by atoms with E-state index in [4.69, 9.17) is 9.97 Å². The number of hydrogen-bond acceptors (Lipinski definition) is 3. The van der Waals surface area contributed by atoms with Crippen molar-refractivity contribution in [3.8, 4) is 22.3 Å². The van der Waals surface area contributed by atoms with E-state index in [-0.39, 0.29) is 0 Å². The van der Waals surface area contributed by atoms with Gasteiger partial charge in [-0.3, -0.25) is 14.4 Å². The molecule has 4 heterocycles. The SMILES string of the molecule is c1ccc2c(c1)Cc1ccc3c(c1-2)Cc1c-3ccc2nc3c4ncccc4c4cnccc4n3c12. The summed E-state index contributed by atoms with van der Waals surface area (Å²) in [5.41, 5.74) is 16.4. The molecule has 0 atom stereocenters. The van der Waals surface area contributed by atoms with Crippen LogP contribution in [-0.4, -0.2) is 19.4 Å². The van der Waals surface area contributed by atoms with Crippen LogP contribution in [-0.2, 0) is 12.8 Å². The van der Waals surface area contributed by atoms with Gasteiger partial charge in [0, 0.05) is 35.8 Å². The molecule has 9 rings (SSSR count). The van der Waals surface area contributed by atoms with E-state index in [1.54, 1.807) is 0 Å². The summed E-state index contributed by atoms with van der Waals surface area (Å²) in [6.07, 6.45) is 7.62. The first kappa shape index (κ1) is 17.8. The number of pyridine rings is 3. The molecule has 162 valence electrons. The number of aromatic nitrogens is 4. The lowest BCUT2D eigenvalue weighted by molar-refractivity contribution is 1.22. The number of hydrogen-bond donors (Lipinski definition) is 0. The van der Waals surface area contributed by atoms with Crippen molar-refractivity contribution in [1.29, 1.82) is 0 Å². The highest BCUT2D eigenvalue weighted by atomic mass is 15.0. The van der Waals surface area contributed by atoms with E-state index in [0.29, 0.717) is 0 Å². The largest absolute Gasteiger partial charge is 0.290 e. The van der Waals surface area contributed by atoms with Crippen molar-refractivity contribution in [2.45, 2.75) is 12.8 Å². The summed E-state index contributed by atoms with van der Waals surface area (Å²) in [4.78, 5) is 14.3. The molecule has 0 radical (unpaired) electrons. The first-order valence-electron chi connectivity index (χ1n) is 12.0. The van der Waals surface area contributed by atoms with Gasteiger partial charge in [0.1, 0.15) is 5.52 Å². The Morgan fingerprint density at radius 2 is 1.60 bits per heavy atom. The molecule has 4 aromatic heterocycles. The topological polar surface area (TPSA) is 43.1 Å². The molecule has 0 unspecified atom stereocenters. The van der Waals surface area contributed by atoms with Crippen LogP contribution >= 0.6 is 0 Å². The molecular formula is C31H18N4. The second-order valence-electron chi connectivity index (χ2n) is 9.66. The van der Waals surface area contributed by atoms with E-state index in [1.807, 2.05) is 24.7 Å². The van der Waals surface area contributed by atoms with Gasteiger partial charge < -0.3 is 0 Å². The number of benzene rings is 3. The van der Waals surface area contributed by atoms with Crippen molar-refractivity contribution in [3.05, 3.63) is 108 Å². The first-order chi connectivity index (χ1) is 17.4. The van der Waals surface area contributed by atoms with Gasteiger partial charge in [0.2, 0.25) is 0 Å². The molecule has 3 aromatic carbocycles. The highest BCUT2D eigenvalue weighted by molar-refractivity contribution is 6.12. The smallest absolute Gasteiger partial charge is 0.165 e. The normalized spacial score (nSPS) is 13.5. The summed E-state index contributed by atoms with van der Waals surface area (Å²) in [6, 6.07) is 24.2. The van der Waals surface area contributed by atoms with Crippen LogP contribution in [0.2, 0.25) is 0 Å². The molecule has 0 saturated heterocycles. The second-order valence-corrected chi connectivity index (χ2v) is 9.66. The fourth-order valence-corrected chi connectivity index (χ4v) is 6.56. The summed E-state index contributed by atoms with van der Waals surface area (Å²) < 4.78 is 2.32. The predicted octanol–water partition coefficient (Wildman–Crippen LogP) is 6.73. The van der Waals surface area contributed by atoms with E-state index < -0.39 is 0 Å². The van der Waals surface area contributed by atoms with Crippen LogP contribution in [0.3, 0.4) is 0 Å². The lowest BCUT2D eigenvalue weighted by atomic mass is 9.95. The molecule has 4 heteroatoms. The quantitative estimate of drug-likeness (QED) is 0.243. The number of nitrogens with zero attached hydrogens (tertiary/aromatic N) is 4. The first-order valence-corrected chi connectivity index (χ1v) is 12.0. The van der Waals surface area contributed by atoms with E-state index in [0.717, 1.165) is 45.8 Å². The van der Waals surface area contributed by atoms with Crippen molar-refractivity contribution in [1.82, 2.24) is 19.4 Å². The van der Waals surface area contributed by atoms with Crippen LogP contribution in [0, 0.1) is 0 Å². The van der Waals surface area contributed by atoms with E-state index >= 15 is 0 Å². The molecule has 0 aliphatic heterocycles. The molecule has 2 aliphatic carbocycles. The molecule has 35 heavy (non-hydrogen) atoms. The Morgan fingerprint density at radius 3 is 2.60 bits per heavy atom. The van der Waals surface area contributed by atoms with Crippen molar-refractivity contribution in [3.63, 3.8) is 0 Å². The Balaban J connectivity index is 1.42. The summed E-state index contributed by atoms with van der Waals surface area (Å²) in [7, 11) is 0. The van der Waals surface area contributed by atoms with Gasteiger partial charge in [-0.15, -0.1) is 0 Å². The highest BCUT2D eigenvalue weighted by Gasteiger charge is 2.30. The molecule has 7 aromatic rings. The van der Waals surface area contributed by atoms with Crippen LogP contribution in [0.15, 0.2) is 85.3 Å². The van der Waals surface area contributed by atoms with Crippen molar-refractivity contribution >= 4 is 38.5 Å². The summed E-state index contributed by atoms with van der Waals surface area (Å²) >= 11 is 0. The fraction of sp³-hybridized carbons (Fsp3) is 0.0645. The van der Waals surface area contributed by atoms with E-state index in [2.05, 4.69) is 70.0 Å². The predicted molar refractivity (Wildman–Crippen MR) is 140 cm³/mol. The van der Waals surface area contributed by atoms with Crippen LogP contribution in [0.5, 0.6) is 0 Å². The minimum absolute atomic E-state index is 0.911. The minimum Gasteiger partial charge on any atom is -0.290 e. The van der Waals surface area contributed by atoms with Crippen molar-refractivity contribution in [2.24, 2.45) is 0 Å². The maximum atomic E-state index is 5.12. The zero-order chi connectivity index (χ0) is 22.7. The average molecular weight is 447 g/mol. The average Bonchev–Trinajstić information content (AvgIpc) is 3.59. The molecule has 0 fully saturated rings. The zero-order valence-electron chi connectivity index (χ0n) is 18.8. The second kappa shape index (κ2) is 6.10. The third-order valence-electron chi connectivity index (χ3n) is 7.98. The van der Waals surface area contributed by atoms with E-state index in [9.17, 15) is 0 Å². The van der Waals surface area contributed by atoms with Gasteiger partial charge in [-0.25, -0.2) is 4.98 Å². The minimum atomic E-state index is 0.911. The molecule has 0 saturated carbocycles. The molecule has 4 nitrogen and oxygen atoms in total. The third kappa shape index (κ3) is 2.11. The molecule has 0 N–H and O–H groups in total. The Hall–Kier alpha value is -4.57. The number of rotatable bonds is 0. The van der Waals surface area contributed by atoms with Gasteiger partial charge in [0.25, 0.3) is 0 Å². The van der Waals surface area contributed by atoms with Crippen LogP contribution in [0.4, 0.5) is 0 Å². The summed E-state index contributed by atoms with van der Waals surface area (Å²) in [5.74, 6) is 0. The summed E-state index contributed by atoms with van der Waals surface area (Å²) in [5, 5.41) is 2.19. The monoisotopic (exact) mass is 446 g/mol. The van der Waals surface area contributed by atoms with Gasteiger partial charge >= 0.3 is 0 Å². The lowest BCUT2D eigenvalue weighted by Crippen LogP contribution is -1.95. The molecular weight excluding hydrogens is 428 g/mol. The van der Waals surface area contributed by atoms with Gasteiger partial charge in [0.15, 0.2) is 5.65 Å². The maximum absolute atomic E-state index is 5.12. The molecule has 0 spiro atoms. The number of fused-ring (bicyclic) bond motifs is 16. The number of imidazole rings is 1. The van der Waals surface area contributed by atoms with Gasteiger partial charge in [-0.2, -0.15) is 0 Å². The maximum Gasteiger partial charge on any atom is 0.165 e. The van der Waals surface area contributed by atoms with Crippen molar-refractivity contribution < 1.29 is 0 Å². The fourth-order valence-electron chi connectivity index (χ4n) is 6.56. The molecule has 0 amide bonds. The third-order valence-corrected chi connectivity index (χ3v) is 7.98. The Labute approximate surface area is 200 Å². The van der Waals surface area contributed by atoms with E-state index in [1.165, 1.54) is 50.0 Å². The highest BCUT2D eigenvalue weighted by Crippen LogP contribution is 2.49. The Kier molecular flexibility index (Phi) is 3.11. The van der Waals surface area contributed by atoms with Crippen molar-refractivity contribution in [2.75, 3.05) is 0 Å². The molecule has 0 bridgehead atoms. The lowest BCUT2D eigenvalue weighted by Gasteiger charge is -2.09. The van der Waals surface area contributed by atoms with Gasteiger partial charge in [-0.05, 0) is 69.1 Å². The van der Waals surface area contributed by atoms with Gasteiger partial charge in [0.05, 0.1) is 16.6 Å².